The number of benzene rings is 1. The zero-order valence-corrected chi connectivity index (χ0v) is 12.7. The summed E-state index contributed by atoms with van der Waals surface area (Å²) in [4.78, 5) is 11.4. The number of H-pyrrole nitrogens is 1. The lowest BCUT2D eigenvalue weighted by Crippen LogP contribution is -2.19. The number of anilines is 1. The molecule has 0 saturated carbocycles. The predicted molar refractivity (Wildman–Crippen MR) is 78.6 cm³/mol. The number of aromatic amines is 1. The van der Waals surface area contributed by atoms with Crippen LogP contribution in [0.4, 0.5) is 5.69 Å². The number of nitrogens with two attached hydrogens (primary N) is 1. The van der Waals surface area contributed by atoms with Crippen molar-refractivity contribution in [2.45, 2.75) is 25.7 Å². The number of rotatable bonds is 4. The van der Waals surface area contributed by atoms with E-state index in [2.05, 4.69) is 14.9 Å². The quantitative estimate of drug-likeness (QED) is 0.787. The fourth-order valence-electron chi connectivity index (χ4n) is 2.02. The number of nitrogens with zero attached hydrogens (tertiary/aromatic N) is 1. The number of carbonyl (C=O) groups is 1. The topological polar surface area (TPSA) is 118 Å². The Morgan fingerprint density at radius 2 is 1.95 bits per heavy atom. The maximum Gasteiger partial charge on any atom is 0.271 e. The van der Waals surface area contributed by atoms with Crippen LogP contribution in [0.3, 0.4) is 0 Å². The van der Waals surface area contributed by atoms with Crippen molar-refractivity contribution in [2.24, 2.45) is 5.73 Å². The summed E-state index contributed by atoms with van der Waals surface area (Å²) in [5.41, 5.74) is 7.10. The Balaban J connectivity index is 2.47. The minimum atomic E-state index is -3.83. The Kier molecular flexibility index (Phi) is 3.73. The fraction of sp³-hybridized carbons (Fsp3) is 0.231. The molecular formula is C13H16N4O3S. The molecule has 0 spiro atoms. The normalized spacial score (nSPS) is 11.4. The van der Waals surface area contributed by atoms with Crippen molar-refractivity contribution in [3.05, 3.63) is 40.7 Å². The first-order valence-corrected chi connectivity index (χ1v) is 7.65. The number of nitrogens with one attached hydrogen (secondary N) is 2. The van der Waals surface area contributed by atoms with Crippen molar-refractivity contribution in [1.82, 2.24) is 10.2 Å². The van der Waals surface area contributed by atoms with Gasteiger partial charge < -0.3 is 5.73 Å². The first kappa shape index (κ1) is 15.0. The number of hydrogen-bond donors (Lipinski definition) is 3. The van der Waals surface area contributed by atoms with Crippen LogP contribution in [0, 0.1) is 20.8 Å². The van der Waals surface area contributed by atoms with Crippen LogP contribution in [0.15, 0.2) is 23.1 Å². The van der Waals surface area contributed by atoms with Crippen LogP contribution < -0.4 is 10.5 Å². The molecule has 112 valence electrons. The fourth-order valence-corrected chi connectivity index (χ4v) is 3.38. The van der Waals surface area contributed by atoms with Crippen molar-refractivity contribution in [3.63, 3.8) is 0 Å². The number of carbonyl (C=O) groups excluding carboxylic acids is 1. The highest BCUT2D eigenvalue weighted by atomic mass is 32.2. The molecule has 1 amide bonds. The Morgan fingerprint density at radius 1 is 1.29 bits per heavy atom. The highest BCUT2D eigenvalue weighted by Crippen LogP contribution is 2.23. The lowest BCUT2D eigenvalue weighted by atomic mass is 10.2. The van der Waals surface area contributed by atoms with E-state index in [1.807, 2.05) is 6.92 Å². The van der Waals surface area contributed by atoms with Gasteiger partial charge in [0.1, 0.15) is 5.69 Å². The molecule has 1 aromatic carbocycles. The molecule has 0 radical (unpaired) electrons. The van der Waals surface area contributed by atoms with Gasteiger partial charge in [0, 0.05) is 0 Å². The van der Waals surface area contributed by atoms with Gasteiger partial charge in [0.2, 0.25) is 0 Å². The molecule has 0 unspecified atom stereocenters. The number of aryl methyl sites for hydroxylation is 3. The van der Waals surface area contributed by atoms with Crippen LogP contribution in [0.2, 0.25) is 0 Å². The summed E-state index contributed by atoms with van der Waals surface area (Å²) in [5, 5.41) is 6.24. The molecule has 2 rings (SSSR count). The first-order chi connectivity index (χ1) is 9.72. The van der Waals surface area contributed by atoms with Crippen LogP contribution >= 0.6 is 0 Å². The summed E-state index contributed by atoms with van der Waals surface area (Å²) in [6.45, 7) is 5.18. The van der Waals surface area contributed by atoms with Gasteiger partial charge in [-0.2, -0.15) is 5.10 Å². The molecule has 0 saturated heterocycles. The number of hydrogen-bond acceptors (Lipinski definition) is 4. The van der Waals surface area contributed by atoms with Crippen LogP contribution in [0.5, 0.6) is 0 Å². The highest BCUT2D eigenvalue weighted by molar-refractivity contribution is 7.92. The Labute approximate surface area is 122 Å². The van der Waals surface area contributed by atoms with Crippen molar-refractivity contribution < 1.29 is 13.2 Å². The van der Waals surface area contributed by atoms with Gasteiger partial charge in [-0.3, -0.25) is 14.6 Å². The summed E-state index contributed by atoms with van der Waals surface area (Å²) in [6.07, 6.45) is 0. The lowest BCUT2D eigenvalue weighted by Gasteiger charge is -2.11. The average molecular weight is 308 g/mol. The van der Waals surface area contributed by atoms with E-state index in [1.54, 1.807) is 26.0 Å². The standard InChI is InChI=1S/C13H16N4O3S/c1-7-4-5-10(8(2)6-7)21(19,20)17-11-9(3)15-16-12(11)13(14)18/h4-6,17H,1-3H3,(H2,14,18)(H,15,16). The Bertz CT molecular complexity index is 809. The molecule has 0 aliphatic rings. The van der Waals surface area contributed by atoms with Gasteiger partial charge in [0.15, 0.2) is 5.69 Å². The maximum absolute atomic E-state index is 12.5. The summed E-state index contributed by atoms with van der Waals surface area (Å²) in [7, 11) is -3.83. The zero-order valence-electron chi connectivity index (χ0n) is 11.9. The van der Waals surface area contributed by atoms with Gasteiger partial charge in [-0.1, -0.05) is 17.7 Å². The van der Waals surface area contributed by atoms with Gasteiger partial charge in [-0.05, 0) is 32.4 Å². The molecule has 0 atom stereocenters. The third-order valence-corrected chi connectivity index (χ3v) is 4.55. The van der Waals surface area contributed by atoms with E-state index >= 15 is 0 Å². The Morgan fingerprint density at radius 3 is 2.52 bits per heavy atom. The summed E-state index contributed by atoms with van der Waals surface area (Å²) >= 11 is 0. The summed E-state index contributed by atoms with van der Waals surface area (Å²) in [6, 6.07) is 5.00. The summed E-state index contributed by atoms with van der Waals surface area (Å²) < 4.78 is 27.3. The van der Waals surface area contributed by atoms with Crippen molar-refractivity contribution in [3.8, 4) is 0 Å². The molecule has 4 N–H and O–H groups in total. The van der Waals surface area contributed by atoms with Crippen LogP contribution in [0.25, 0.3) is 0 Å². The summed E-state index contributed by atoms with van der Waals surface area (Å²) in [5.74, 6) is -0.808. The molecular weight excluding hydrogens is 292 g/mol. The van der Waals surface area contributed by atoms with E-state index in [9.17, 15) is 13.2 Å². The molecule has 7 nitrogen and oxygen atoms in total. The van der Waals surface area contributed by atoms with Crippen molar-refractivity contribution in [2.75, 3.05) is 4.72 Å². The maximum atomic E-state index is 12.5. The third-order valence-electron chi connectivity index (χ3n) is 3.04. The van der Waals surface area contributed by atoms with Crippen LogP contribution in [0.1, 0.15) is 27.3 Å². The molecule has 0 fully saturated rings. The zero-order chi connectivity index (χ0) is 15.8. The Hall–Kier alpha value is -2.35. The van der Waals surface area contributed by atoms with Gasteiger partial charge in [-0.15, -0.1) is 0 Å². The van der Waals surface area contributed by atoms with Gasteiger partial charge in [-0.25, -0.2) is 8.42 Å². The second-order valence-electron chi connectivity index (χ2n) is 4.81. The molecule has 21 heavy (non-hydrogen) atoms. The predicted octanol–water partition coefficient (Wildman–Crippen LogP) is 1.23. The minimum absolute atomic E-state index is 0.0717. The van der Waals surface area contributed by atoms with E-state index in [-0.39, 0.29) is 16.3 Å². The molecule has 1 heterocycles. The molecule has 8 heteroatoms. The third kappa shape index (κ3) is 2.89. The van der Waals surface area contributed by atoms with Gasteiger partial charge >= 0.3 is 0 Å². The number of sulfonamides is 1. The van der Waals surface area contributed by atoms with Crippen LogP contribution in [-0.2, 0) is 10.0 Å². The van der Waals surface area contributed by atoms with Gasteiger partial charge in [0.05, 0.1) is 10.6 Å². The monoisotopic (exact) mass is 308 g/mol. The van der Waals surface area contributed by atoms with Gasteiger partial charge in [0.25, 0.3) is 15.9 Å². The number of amides is 1. The second kappa shape index (κ2) is 5.21. The molecule has 1 aromatic heterocycles. The van der Waals surface area contributed by atoms with Crippen LogP contribution in [-0.4, -0.2) is 24.5 Å². The minimum Gasteiger partial charge on any atom is -0.364 e. The van der Waals surface area contributed by atoms with E-state index in [4.69, 9.17) is 5.73 Å². The second-order valence-corrected chi connectivity index (χ2v) is 6.46. The first-order valence-electron chi connectivity index (χ1n) is 6.17. The molecule has 0 aliphatic carbocycles. The largest absolute Gasteiger partial charge is 0.364 e. The van der Waals surface area contributed by atoms with E-state index < -0.39 is 15.9 Å². The molecule has 0 bridgehead atoms. The molecule has 0 aliphatic heterocycles. The van der Waals surface area contributed by atoms with E-state index in [1.165, 1.54) is 6.07 Å². The highest BCUT2D eigenvalue weighted by Gasteiger charge is 2.23. The van der Waals surface area contributed by atoms with E-state index in [0.717, 1.165) is 5.56 Å². The van der Waals surface area contributed by atoms with E-state index in [0.29, 0.717) is 11.3 Å². The average Bonchev–Trinajstić information content (AvgIpc) is 2.70. The molecule has 2 aromatic rings. The number of primary amides is 1. The lowest BCUT2D eigenvalue weighted by molar-refractivity contribution is 0.0996. The number of aromatic nitrogens is 2. The smallest absolute Gasteiger partial charge is 0.271 e. The van der Waals surface area contributed by atoms with Crippen molar-refractivity contribution in [1.29, 1.82) is 0 Å². The van der Waals surface area contributed by atoms with Crippen molar-refractivity contribution >= 4 is 21.6 Å². The SMILES string of the molecule is Cc1ccc(S(=O)(=O)Nc2c(C(N)=O)n[nH]c2C)c(C)c1.